The second kappa shape index (κ2) is 10.3. The van der Waals surface area contributed by atoms with Gasteiger partial charge in [0.25, 0.3) is 0 Å². The zero-order chi connectivity index (χ0) is 27.1. The smallest absolute Gasteiger partial charge is 0.224 e. The number of halogens is 1. The van der Waals surface area contributed by atoms with Crippen molar-refractivity contribution in [1.82, 2.24) is 30.1 Å². The Labute approximate surface area is 233 Å². The molecule has 0 aromatic carbocycles. The molecule has 1 fully saturated rings. The zero-order valence-corrected chi connectivity index (χ0v) is 22.4. The maximum atomic E-state index is 13.7. The van der Waals surface area contributed by atoms with Crippen molar-refractivity contribution in [3.05, 3.63) is 66.2 Å². The summed E-state index contributed by atoms with van der Waals surface area (Å²) in [4.78, 5) is 30.6. The molecule has 1 aliphatic rings. The molecule has 40 heavy (non-hydrogen) atoms. The summed E-state index contributed by atoms with van der Waals surface area (Å²) < 4.78 is 13.7. The van der Waals surface area contributed by atoms with Crippen molar-refractivity contribution in [3.8, 4) is 33.2 Å². The number of hydrogen-bond acceptors (Lipinski definition) is 6. The summed E-state index contributed by atoms with van der Waals surface area (Å²) >= 11 is 1.07. The number of anilines is 1. The lowest BCUT2D eigenvalue weighted by Gasteiger charge is -2.20. The third-order valence-corrected chi connectivity index (χ3v) is 8.41. The predicted molar refractivity (Wildman–Crippen MR) is 155 cm³/mol. The summed E-state index contributed by atoms with van der Waals surface area (Å²) in [5.74, 6) is 0.501. The fourth-order valence-electron chi connectivity index (χ4n) is 5.58. The van der Waals surface area contributed by atoms with Gasteiger partial charge in [-0.2, -0.15) is 9.49 Å². The van der Waals surface area contributed by atoms with Crippen LogP contribution in [-0.4, -0.2) is 36.0 Å². The van der Waals surface area contributed by atoms with E-state index in [1.54, 1.807) is 24.7 Å². The van der Waals surface area contributed by atoms with Crippen molar-refractivity contribution in [1.29, 1.82) is 0 Å². The Bertz CT molecular complexity index is 1850. The quantitative estimate of drug-likeness (QED) is 0.200. The second-order valence-electron chi connectivity index (χ2n) is 10.3. The molecule has 6 aromatic rings. The first-order valence-electron chi connectivity index (χ1n) is 13.4. The predicted octanol–water partition coefficient (Wildman–Crippen LogP) is 7.34. The summed E-state index contributed by atoms with van der Waals surface area (Å²) in [7, 11) is 0. The highest BCUT2D eigenvalue weighted by atomic mass is 32.1. The van der Waals surface area contributed by atoms with E-state index in [4.69, 9.17) is 4.98 Å². The van der Waals surface area contributed by atoms with Crippen LogP contribution in [0.25, 0.3) is 55.2 Å². The third kappa shape index (κ3) is 4.75. The van der Waals surface area contributed by atoms with E-state index < -0.39 is 0 Å². The van der Waals surface area contributed by atoms with E-state index in [9.17, 15) is 9.18 Å². The lowest BCUT2D eigenvalue weighted by Crippen LogP contribution is -2.18. The normalized spacial score (nSPS) is 14.2. The van der Waals surface area contributed by atoms with Crippen LogP contribution in [0.5, 0.6) is 0 Å². The fraction of sp³-hybridized carbons (Fsp3) is 0.233. The number of nitrogens with one attached hydrogen (secondary N) is 3. The van der Waals surface area contributed by atoms with E-state index in [-0.39, 0.29) is 11.0 Å². The van der Waals surface area contributed by atoms with E-state index in [1.165, 1.54) is 25.3 Å². The van der Waals surface area contributed by atoms with Gasteiger partial charge in [-0.25, -0.2) is 4.98 Å². The van der Waals surface area contributed by atoms with E-state index in [1.807, 2.05) is 30.3 Å². The SMILES string of the molecule is O=C(CC1CCCCC1)Nc1cncc(-c2ccc3[nH]nc(-c4cc5c(-c6ccc(F)s6)nccc5[nH]4)c3n2)c1. The molecule has 200 valence electrons. The number of aromatic amines is 2. The summed E-state index contributed by atoms with van der Waals surface area (Å²) in [6, 6.07) is 12.8. The summed E-state index contributed by atoms with van der Waals surface area (Å²) in [6.07, 6.45) is 11.6. The molecule has 0 unspecified atom stereocenters. The van der Waals surface area contributed by atoms with Gasteiger partial charge in [-0.15, -0.1) is 11.3 Å². The number of carbonyl (C=O) groups excluding carboxylic acids is 1. The van der Waals surface area contributed by atoms with Gasteiger partial charge in [0.15, 0.2) is 5.13 Å². The molecular formula is C30H26FN7OS. The standard InChI is InChI=1S/C30H26FN7OS/c31-26-9-8-25(40-26)28-20-14-24(35-22(20)10-11-33-28)30-29-23(37-38-30)7-6-21(36-29)18-13-19(16-32-15-18)34-27(39)12-17-4-2-1-3-5-17/h6-11,13-17,35H,1-5,12H2,(H,34,39)(H,37,38). The number of nitrogens with zero attached hydrogens (tertiary/aromatic N) is 4. The molecule has 6 aromatic heterocycles. The monoisotopic (exact) mass is 551 g/mol. The first-order chi connectivity index (χ1) is 19.6. The maximum Gasteiger partial charge on any atom is 0.224 e. The van der Waals surface area contributed by atoms with Crippen LogP contribution in [0.4, 0.5) is 10.1 Å². The van der Waals surface area contributed by atoms with Gasteiger partial charge in [0, 0.05) is 35.3 Å². The van der Waals surface area contributed by atoms with Crippen molar-refractivity contribution < 1.29 is 9.18 Å². The Balaban J connectivity index is 1.19. The molecule has 0 saturated heterocycles. The van der Waals surface area contributed by atoms with Crippen LogP contribution in [-0.2, 0) is 4.79 Å². The van der Waals surface area contributed by atoms with Crippen molar-refractivity contribution in [2.75, 3.05) is 5.32 Å². The molecule has 0 bridgehead atoms. The number of H-pyrrole nitrogens is 2. The Morgan fingerprint density at radius 1 is 1.02 bits per heavy atom. The van der Waals surface area contributed by atoms with Crippen molar-refractivity contribution >= 4 is 44.9 Å². The van der Waals surface area contributed by atoms with Gasteiger partial charge in [0.2, 0.25) is 5.91 Å². The minimum atomic E-state index is -0.248. The molecule has 7 rings (SSSR count). The summed E-state index contributed by atoms with van der Waals surface area (Å²) in [6.45, 7) is 0. The number of rotatable bonds is 6. The van der Waals surface area contributed by atoms with Gasteiger partial charge in [-0.05, 0) is 61.2 Å². The Hall–Kier alpha value is -4.44. The van der Waals surface area contributed by atoms with E-state index >= 15 is 0 Å². The first kappa shape index (κ1) is 24.6. The second-order valence-corrected chi connectivity index (χ2v) is 11.3. The molecule has 1 aliphatic carbocycles. The molecule has 0 radical (unpaired) electrons. The number of carbonyl (C=O) groups is 1. The highest BCUT2D eigenvalue weighted by molar-refractivity contribution is 7.13. The third-order valence-electron chi connectivity index (χ3n) is 7.53. The molecule has 3 N–H and O–H groups in total. The van der Waals surface area contributed by atoms with Gasteiger partial charge in [-0.1, -0.05) is 19.3 Å². The van der Waals surface area contributed by atoms with Gasteiger partial charge < -0.3 is 10.3 Å². The Morgan fingerprint density at radius 2 is 1.93 bits per heavy atom. The number of pyridine rings is 3. The molecule has 0 spiro atoms. The molecule has 0 aliphatic heterocycles. The minimum absolute atomic E-state index is 0.0318. The average molecular weight is 552 g/mol. The molecule has 10 heteroatoms. The van der Waals surface area contributed by atoms with Crippen LogP contribution >= 0.6 is 11.3 Å². The maximum absolute atomic E-state index is 13.7. The highest BCUT2D eigenvalue weighted by Crippen LogP contribution is 2.35. The lowest BCUT2D eigenvalue weighted by molar-refractivity contribution is -0.117. The van der Waals surface area contributed by atoms with Crippen LogP contribution in [0.3, 0.4) is 0 Å². The summed E-state index contributed by atoms with van der Waals surface area (Å²) in [5.41, 5.74) is 6.71. The topological polar surface area (TPSA) is 112 Å². The van der Waals surface area contributed by atoms with Crippen LogP contribution in [0.2, 0.25) is 0 Å². The minimum Gasteiger partial charge on any atom is -0.353 e. The van der Waals surface area contributed by atoms with E-state index in [2.05, 4.69) is 30.5 Å². The van der Waals surface area contributed by atoms with Crippen molar-refractivity contribution in [2.24, 2.45) is 5.92 Å². The van der Waals surface area contributed by atoms with Crippen LogP contribution < -0.4 is 5.32 Å². The molecular weight excluding hydrogens is 525 g/mol. The van der Waals surface area contributed by atoms with Crippen molar-refractivity contribution in [2.45, 2.75) is 38.5 Å². The Morgan fingerprint density at radius 3 is 2.77 bits per heavy atom. The molecule has 1 amide bonds. The van der Waals surface area contributed by atoms with E-state index in [0.717, 1.165) is 68.1 Å². The van der Waals surface area contributed by atoms with Crippen molar-refractivity contribution in [3.63, 3.8) is 0 Å². The first-order valence-corrected chi connectivity index (χ1v) is 14.3. The average Bonchev–Trinajstić information content (AvgIpc) is 3.71. The number of hydrogen-bond donors (Lipinski definition) is 3. The number of amides is 1. The number of aromatic nitrogens is 6. The molecule has 1 saturated carbocycles. The van der Waals surface area contributed by atoms with E-state index in [0.29, 0.717) is 29.2 Å². The lowest BCUT2D eigenvalue weighted by atomic mass is 9.87. The van der Waals surface area contributed by atoms with Gasteiger partial charge in [0.05, 0.1) is 39.4 Å². The van der Waals surface area contributed by atoms with Gasteiger partial charge in [0.1, 0.15) is 11.2 Å². The summed E-state index contributed by atoms with van der Waals surface area (Å²) in [5, 5.41) is 11.3. The molecule has 8 nitrogen and oxygen atoms in total. The number of fused-ring (bicyclic) bond motifs is 2. The largest absolute Gasteiger partial charge is 0.353 e. The van der Waals surface area contributed by atoms with Gasteiger partial charge in [-0.3, -0.25) is 19.9 Å². The fourth-order valence-corrected chi connectivity index (χ4v) is 6.32. The number of thiophene rings is 1. The molecule has 6 heterocycles. The Kier molecular flexibility index (Phi) is 6.31. The van der Waals surface area contributed by atoms with Crippen LogP contribution in [0.15, 0.2) is 61.1 Å². The highest BCUT2D eigenvalue weighted by Gasteiger charge is 2.19. The van der Waals surface area contributed by atoms with Crippen LogP contribution in [0, 0.1) is 11.0 Å². The zero-order valence-electron chi connectivity index (χ0n) is 21.6. The van der Waals surface area contributed by atoms with Gasteiger partial charge >= 0.3 is 0 Å². The molecule has 0 atom stereocenters. The van der Waals surface area contributed by atoms with Crippen LogP contribution in [0.1, 0.15) is 38.5 Å².